The monoisotopic (exact) mass is 765 g/mol. The van der Waals surface area contributed by atoms with Gasteiger partial charge in [-0.25, -0.2) is 0 Å². The summed E-state index contributed by atoms with van der Waals surface area (Å²) >= 11 is 1.90. The van der Waals surface area contributed by atoms with Gasteiger partial charge in [-0.1, -0.05) is 182 Å². The summed E-state index contributed by atoms with van der Waals surface area (Å²) in [5, 5.41) is 7.66. The Labute approximate surface area is 346 Å². The quantitative estimate of drug-likeness (QED) is 0.172. The lowest BCUT2D eigenvalue weighted by Crippen LogP contribution is -2.26. The number of fused-ring (bicyclic) bond motifs is 16. The summed E-state index contributed by atoms with van der Waals surface area (Å²) in [7, 11) is 0. The number of hydrogen-bond donors (Lipinski definition) is 0. The van der Waals surface area contributed by atoms with Crippen molar-refractivity contribution in [2.75, 3.05) is 4.90 Å². The van der Waals surface area contributed by atoms with E-state index in [1.54, 1.807) is 0 Å². The molecule has 0 saturated heterocycles. The van der Waals surface area contributed by atoms with Gasteiger partial charge in [-0.05, 0) is 102 Å². The minimum Gasteiger partial charge on any atom is -0.308 e. The first-order valence-electron chi connectivity index (χ1n) is 20.4. The minimum atomic E-state index is -0.435. The van der Waals surface area contributed by atoms with Crippen LogP contribution in [0, 0.1) is 0 Å². The lowest BCUT2D eigenvalue weighted by atomic mass is 9.70. The van der Waals surface area contributed by atoms with Crippen LogP contribution in [0.1, 0.15) is 22.3 Å². The predicted molar refractivity (Wildman–Crippen MR) is 251 cm³/mol. The fourth-order valence-electron chi connectivity index (χ4n) is 10.7. The van der Waals surface area contributed by atoms with Gasteiger partial charge in [0.1, 0.15) is 0 Å². The molecule has 0 aliphatic heterocycles. The Bertz CT molecular complexity index is 3470. The number of thiophene rings is 1. The molecular weight excluding hydrogens is 731 g/mol. The first-order valence-corrected chi connectivity index (χ1v) is 21.2. The van der Waals surface area contributed by atoms with Crippen molar-refractivity contribution in [3.05, 3.63) is 235 Å². The van der Waals surface area contributed by atoms with Gasteiger partial charge in [0, 0.05) is 26.7 Å². The molecule has 13 rings (SSSR count). The fraction of sp³-hybridized carbons (Fsp3) is 0.0175. The van der Waals surface area contributed by atoms with Crippen LogP contribution >= 0.6 is 11.3 Å². The number of benzene rings is 10. The maximum Gasteiger partial charge on any atom is 0.0726 e. The van der Waals surface area contributed by atoms with E-state index in [1.807, 2.05) is 11.3 Å². The molecule has 0 N–H and O–H groups in total. The van der Waals surface area contributed by atoms with E-state index in [0.717, 1.165) is 5.69 Å². The molecule has 1 nitrogen and oxygen atoms in total. The van der Waals surface area contributed by atoms with Crippen LogP contribution in [0.4, 0.5) is 17.1 Å². The van der Waals surface area contributed by atoms with Crippen molar-refractivity contribution >= 4 is 70.1 Å². The predicted octanol–water partition coefficient (Wildman–Crippen LogP) is 15.8. The Morgan fingerprint density at radius 1 is 0.373 bits per heavy atom. The van der Waals surface area contributed by atoms with Gasteiger partial charge in [-0.15, -0.1) is 11.3 Å². The first-order chi connectivity index (χ1) is 29.3. The average Bonchev–Trinajstić information content (AvgIpc) is 3.95. The van der Waals surface area contributed by atoms with Crippen molar-refractivity contribution in [2.24, 2.45) is 0 Å². The Kier molecular flexibility index (Phi) is 6.87. The standard InChI is InChI=1S/C57H35NS/c1-3-18-40-36(15-1)17-13-24-41(40)37-31-33-39(34-32-37)58(52-35-38-16-2-4-19-42(38)54-46-23-8-12-30-53(46)59-56(52)54)51-29-14-28-50-55(51)45-22-7-11-27-49(45)57(50)47-25-9-5-20-43(47)44-21-6-10-26-48(44)57/h1-35H. The van der Waals surface area contributed by atoms with Crippen LogP contribution in [0.2, 0.25) is 0 Å². The number of rotatable bonds is 4. The van der Waals surface area contributed by atoms with Crippen molar-refractivity contribution < 1.29 is 0 Å². The van der Waals surface area contributed by atoms with Crippen molar-refractivity contribution in [1.29, 1.82) is 0 Å². The summed E-state index contributed by atoms with van der Waals surface area (Å²) in [4.78, 5) is 2.57. The Morgan fingerprint density at radius 2 is 0.915 bits per heavy atom. The topological polar surface area (TPSA) is 3.24 Å². The summed E-state index contributed by atoms with van der Waals surface area (Å²) in [5.41, 5.74) is 16.1. The van der Waals surface area contributed by atoms with Crippen molar-refractivity contribution in [1.82, 2.24) is 0 Å². The van der Waals surface area contributed by atoms with E-state index in [1.165, 1.54) is 109 Å². The van der Waals surface area contributed by atoms with Crippen LogP contribution in [0.3, 0.4) is 0 Å². The van der Waals surface area contributed by atoms with Crippen LogP contribution in [-0.2, 0) is 5.41 Å². The summed E-state index contributed by atoms with van der Waals surface area (Å²) in [5.74, 6) is 0. The zero-order valence-electron chi connectivity index (χ0n) is 32.1. The van der Waals surface area contributed by atoms with Crippen molar-refractivity contribution in [2.45, 2.75) is 5.41 Å². The maximum absolute atomic E-state index is 2.57. The van der Waals surface area contributed by atoms with Gasteiger partial charge in [0.05, 0.1) is 21.5 Å². The van der Waals surface area contributed by atoms with E-state index in [2.05, 4.69) is 217 Å². The second-order valence-electron chi connectivity index (χ2n) is 15.9. The Morgan fingerprint density at radius 3 is 1.68 bits per heavy atom. The molecule has 0 bridgehead atoms. The second-order valence-corrected chi connectivity index (χ2v) is 17.0. The maximum atomic E-state index is 2.57. The van der Waals surface area contributed by atoms with Gasteiger partial charge in [-0.2, -0.15) is 0 Å². The third kappa shape index (κ3) is 4.44. The zero-order chi connectivity index (χ0) is 38.7. The Balaban J connectivity index is 1.13. The largest absolute Gasteiger partial charge is 0.308 e. The molecule has 0 radical (unpaired) electrons. The SMILES string of the molecule is c1ccc2c(c1)-c1ccccc1C21c2ccccc2-c2c(N(c3ccc(-c4cccc5ccccc45)cc3)c3cc4ccccc4c4c3sc3ccccc34)cccc21. The molecule has 0 unspecified atom stereocenters. The number of anilines is 3. The highest BCUT2D eigenvalue weighted by Gasteiger charge is 2.52. The van der Waals surface area contributed by atoms with E-state index in [0.29, 0.717) is 0 Å². The van der Waals surface area contributed by atoms with E-state index in [4.69, 9.17) is 0 Å². The first kappa shape index (κ1) is 32.8. The molecule has 59 heavy (non-hydrogen) atoms. The normalized spacial score (nSPS) is 13.2. The molecule has 10 aromatic carbocycles. The second kappa shape index (κ2) is 12.4. The molecule has 274 valence electrons. The molecule has 1 heterocycles. The molecule has 1 spiro atoms. The van der Waals surface area contributed by atoms with Crippen LogP contribution in [0.25, 0.3) is 75.1 Å². The van der Waals surface area contributed by atoms with Gasteiger partial charge in [0.25, 0.3) is 0 Å². The average molecular weight is 766 g/mol. The molecule has 2 heteroatoms. The van der Waals surface area contributed by atoms with Crippen LogP contribution in [-0.4, -0.2) is 0 Å². The molecule has 2 aliphatic rings. The van der Waals surface area contributed by atoms with Gasteiger partial charge in [0.15, 0.2) is 0 Å². The highest BCUT2D eigenvalue weighted by atomic mass is 32.1. The van der Waals surface area contributed by atoms with Crippen molar-refractivity contribution in [3.63, 3.8) is 0 Å². The highest BCUT2D eigenvalue weighted by Crippen LogP contribution is 2.65. The lowest BCUT2D eigenvalue weighted by Gasteiger charge is -2.32. The molecule has 2 aliphatic carbocycles. The van der Waals surface area contributed by atoms with E-state index < -0.39 is 5.41 Å². The smallest absolute Gasteiger partial charge is 0.0726 e. The molecule has 0 amide bonds. The lowest BCUT2D eigenvalue weighted by molar-refractivity contribution is 0.794. The molecule has 0 saturated carbocycles. The molecular formula is C57H35NS. The fourth-order valence-corrected chi connectivity index (χ4v) is 11.9. The van der Waals surface area contributed by atoms with Crippen molar-refractivity contribution in [3.8, 4) is 33.4 Å². The number of hydrogen-bond acceptors (Lipinski definition) is 2. The minimum absolute atomic E-state index is 0.435. The zero-order valence-corrected chi connectivity index (χ0v) is 32.9. The van der Waals surface area contributed by atoms with E-state index in [9.17, 15) is 0 Å². The molecule has 1 aromatic heterocycles. The Hall–Kier alpha value is -7.26. The molecule has 0 atom stereocenters. The van der Waals surface area contributed by atoms with Crippen LogP contribution in [0.15, 0.2) is 212 Å². The van der Waals surface area contributed by atoms with E-state index >= 15 is 0 Å². The third-order valence-corrected chi connectivity index (χ3v) is 14.3. The van der Waals surface area contributed by atoms with Crippen LogP contribution in [0.5, 0.6) is 0 Å². The highest BCUT2D eigenvalue weighted by molar-refractivity contribution is 7.26. The third-order valence-electron chi connectivity index (χ3n) is 13.1. The van der Waals surface area contributed by atoms with Gasteiger partial charge in [-0.3, -0.25) is 0 Å². The summed E-state index contributed by atoms with van der Waals surface area (Å²) in [6, 6.07) is 79.3. The van der Waals surface area contributed by atoms with E-state index in [-0.39, 0.29) is 0 Å². The van der Waals surface area contributed by atoms with Gasteiger partial charge >= 0.3 is 0 Å². The van der Waals surface area contributed by atoms with Gasteiger partial charge in [0.2, 0.25) is 0 Å². The van der Waals surface area contributed by atoms with Gasteiger partial charge < -0.3 is 4.90 Å². The molecule has 0 fully saturated rings. The summed E-state index contributed by atoms with van der Waals surface area (Å²) < 4.78 is 2.59. The summed E-state index contributed by atoms with van der Waals surface area (Å²) in [6.45, 7) is 0. The van der Waals surface area contributed by atoms with Crippen LogP contribution < -0.4 is 4.90 Å². The number of nitrogens with zero attached hydrogens (tertiary/aromatic N) is 1. The molecule has 11 aromatic rings. The summed E-state index contributed by atoms with van der Waals surface area (Å²) in [6.07, 6.45) is 0.